The Balaban J connectivity index is 1.62. The lowest BCUT2D eigenvalue weighted by molar-refractivity contribution is 0.461. The van der Waals surface area contributed by atoms with Gasteiger partial charge in [-0.15, -0.1) is 0 Å². The first-order chi connectivity index (χ1) is 13.4. The number of pyridine rings is 1. The summed E-state index contributed by atoms with van der Waals surface area (Å²) in [5.41, 5.74) is 4.60. The van der Waals surface area contributed by atoms with E-state index >= 15 is 0 Å². The number of hydrogen-bond acceptors (Lipinski definition) is 5. The fourth-order valence-corrected chi connectivity index (χ4v) is 2.91. The monoisotopic (exact) mass is 373 g/mol. The van der Waals surface area contributed by atoms with Crippen molar-refractivity contribution < 1.29 is 9.15 Å². The summed E-state index contributed by atoms with van der Waals surface area (Å²) in [7, 11) is 0. The minimum atomic E-state index is 0.0426. The average Bonchev–Trinajstić information content (AvgIpc) is 3.04. The van der Waals surface area contributed by atoms with Crippen LogP contribution in [0.3, 0.4) is 0 Å². The summed E-state index contributed by atoms with van der Waals surface area (Å²) in [6, 6.07) is 18.1. The second-order valence-electron chi connectivity index (χ2n) is 7.85. The minimum absolute atomic E-state index is 0.0426. The van der Waals surface area contributed by atoms with Crippen LogP contribution in [0.5, 0.6) is 11.6 Å². The average molecular weight is 373 g/mol. The summed E-state index contributed by atoms with van der Waals surface area (Å²) in [4.78, 5) is 8.86. The van der Waals surface area contributed by atoms with Gasteiger partial charge in [0.1, 0.15) is 17.0 Å². The lowest BCUT2D eigenvalue weighted by Gasteiger charge is -2.19. The van der Waals surface area contributed by atoms with Gasteiger partial charge in [0, 0.05) is 6.20 Å². The van der Waals surface area contributed by atoms with E-state index in [0.29, 0.717) is 17.6 Å². The van der Waals surface area contributed by atoms with Gasteiger partial charge in [0.25, 0.3) is 6.01 Å². The van der Waals surface area contributed by atoms with Crippen molar-refractivity contribution in [3.05, 3.63) is 71.9 Å². The minimum Gasteiger partial charge on any atom is -0.437 e. The number of aromatic nitrogens is 2. The van der Waals surface area contributed by atoms with E-state index in [-0.39, 0.29) is 5.41 Å². The van der Waals surface area contributed by atoms with Gasteiger partial charge in [0.2, 0.25) is 5.88 Å². The van der Waals surface area contributed by atoms with Gasteiger partial charge in [-0.25, -0.2) is 4.98 Å². The molecular weight excluding hydrogens is 350 g/mol. The van der Waals surface area contributed by atoms with Crippen LogP contribution in [0.15, 0.2) is 65.2 Å². The van der Waals surface area contributed by atoms with E-state index in [0.717, 1.165) is 22.4 Å². The van der Waals surface area contributed by atoms with E-state index in [1.165, 1.54) is 5.56 Å². The van der Waals surface area contributed by atoms with Crippen LogP contribution >= 0.6 is 0 Å². The standard InChI is InChI=1S/C23H23N3O2/c1-15-10-11-18-20(13-15)28-22(25-18)26-19-9-6-12-24-21(19)27-17-8-5-7-16(14-17)23(2,3)4/h5-14H,1-4H3,(H,25,26). The first kappa shape index (κ1) is 18.0. The SMILES string of the molecule is Cc1ccc2nc(Nc3cccnc3Oc3cccc(C(C)(C)C)c3)oc2c1. The molecule has 0 atom stereocenters. The number of rotatable bonds is 4. The van der Waals surface area contributed by atoms with Crippen molar-refractivity contribution >= 4 is 22.8 Å². The molecule has 2 heterocycles. The number of nitrogens with one attached hydrogen (secondary N) is 1. The van der Waals surface area contributed by atoms with Crippen LogP contribution in [-0.4, -0.2) is 9.97 Å². The van der Waals surface area contributed by atoms with Gasteiger partial charge in [0.15, 0.2) is 5.58 Å². The fraction of sp³-hybridized carbons (Fsp3) is 0.217. The van der Waals surface area contributed by atoms with Gasteiger partial charge >= 0.3 is 0 Å². The summed E-state index contributed by atoms with van der Waals surface area (Å²) in [5, 5.41) is 3.18. The number of nitrogens with zero attached hydrogens (tertiary/aromatic N) is 2. The van der Waals surface area contributed by atoms with Crippen LogP contribution in [0, 0.1) is 6.92 Å². The Hall–Kier alpha value is -3.34. The molecule has 142 valence electrons. The highest BCUT2D eigenvalue weighted by molar-refractivity contribution is 5.76. The molecular formula is C23H23N3O2. The van der Waals surface area contributed by atoms with Gasteiger partial charge in [0.05, 0.1) is 0 Å². The summed E-state index contributed by atoms with van der Waals surface area (Å²) in [5.74, 6) is 1.20. The van der Waals surface area contributed by atoms with Crippen LogP contribution in [0.1, 0.15) is 31.9 Å². The Labute approximate surface area is 164 Å². The Morgan fingerprint density at radius 2 is 1.86 bits per heavy atom. The van der Waals surface area contributed by atoms with Crippen molar-refractivity contribution in [3.8, 4) is 11.6 Å². The number of ether oxygens (including phenoxy) is 1. The highest BCUT2D eigenvalue weighted by Gasteiger charge is 2.15. The molecule has 0 saturated heterocycles. The fourth-order valence-electron chi connectivity index (χ4n) is 2.91. The Kier molecular flexibility index (Phi) is 4.51. The molecule has 1 N–H and O–H groups in total. The van der Waals surface area contributed by atoms with Crippen LogP contribution < -0.4 is 10.1 Å². The molecule has 0 saturated carbocycles. The normalized spacial score (nSPS) is 11.6. The topological polar surface area (TPSA) is 60.2 Å². The van der Waals surface area contributed by atoms with Gasteiger partial charge in [-0.05, 0) is 59.9 Å². The molecule has 28 heavy (non-hydrogen) atoms. The molecule has 4 aromatic rings. The molecule has 0 radical (unpaired) electrons. The molecule has 5 heteroatoms. The summed E-state index contributed by atoms with van der Waals surface area (Å²) in [6.07, 6.45) is 1.70. The van der Waals surface area contributed by atoms with Crippen molar-refractivity contribution in [2.45, 2.75) is 33.1 Å². The zero-order valence-corrected chi connectivity index (χ0v) is 16.5. The summed E-state index contributed by atoms with van der Waals surface area (Å²) < 4.78 is 11.9. The predicted molar refractivity (Wildman–Crippen MR) is 111 cm³/mol. The molecule has 0 spiro atoms. The Bertz CT molecular complexity index is 1130. The molecule has 5 nitrogen and oxygen atoms in total. The van der Waals surface area contributed by atoms with Crippen LogP contribution in [0.4, 0.5) is 11.7 Å². The van der Waals surface area contributed by atoms with E-state index in [4.69, 9.17) is 9.15 Å². The molecule has 0 aliphatic heterocycles. The molecule has 0 amide bonds. The Morgan fingerprint density at radius 3 is 2.68 bits per heavy atom. The maximum atomic E-state index is 6.07. The smallest absolute Gasteiger partial charge is 0.300 e. The van der Waals surface area contributed by atoms with Gasteiger partial charge in [-0.3, -0.25) is 0 Å². The first-order valence-electron chi connectivity index (χ1n) is 9.26. The largest absolute Gasteiger partial charge is 0.437 e. The first-order valence-corrected chi connectivity index (χ1v) is 9.26. The number of fused-ring (bicyclic) bond motifs is 1. The third-order valence-electron chi connectivity index (χ3n) is 4.47. The van der Waals surface area contributed by atoms with Crippen molar-refractivity contribution in [1.29, 1.82) is 0 Å². The molecule has 2 aromatic carbocycles. The van der Waals surface area contributed by atoms with Gasteiger partial charge in [-0.2, -0.15) is 4.98 Å². The molecule has 0 unspecified atom stereocenters. The van der Waals surface area contributed by atoms with Crippen LogP contribution in [-0.2, 0) is 5.41 Å². The lowest BCUT2D eigenvalue weighted by Crippen LogP contribution is -2.10. The molecule has 2 aromatic heterocycles. The van der Waals surface area contributed by atoms with Crippen molar-refractivity contribution in [1.82, 2.24) is 9.97 Å². The molecule has 0 bridgehead atoms. The zero-order valence-electron chi connectivity index (χ0n) is 16.5. The van der Waals surface area contributed by atoms with Crippen LogP contribution in [0.2, 0.25) is 0 Å². The van der Waals surface area contributed by atoms with E-state index in [9.17, 15) is 0 Å². The number of anilines is 2. The summed E-state index contributed by atoms with van der Waals surface area (Å²) >= 11 is 0. The molecule has 0 aliphatic carbocycles. The number of aryl methyl sites for hydroxylation is 1. The summed E-state index contributed by atoms with van der Waals surface area (Å²) in [6.45, 7) is 8.55. The van der Waals surface area contributed by atoms with Gasteiger partial charge in [-0.1, -0.05) is 39.0 Å². The Morgan fingerprint density at radius 1 is 1.00 bits per heavy atom. The maximum absolute atomic E-state index is 6.07. The third-order valence-corrected chi connectivity index (χ3v) is 4.47. The van der Waals surface area contributed by atoms with E-state index in [1.807, 2.05) is 55.5 Å². The lowest BCUT2D eigenvalue weighted by atomic mass is 9.87. The molecule has 0 aliphatic rings. The highest BCUT2D eigenvalue weighted by atomic mass is 16.5. The van der Waals surface area contributed by atoms with Crippen molar-refractivity contribution in [2.75, 3.05) is 5.32 Å². The van der Waals surface area contributed by atoms with Gasteiger partial charge < -0.3 is 14.5 Å². The molecule has 0 fully saturated rings. The number of benzene rings is 2. The van der Waals surface area contributed by atoms with E-state index < -0.39 is 0 Å². The maximum Gasteiger partial charge on any atom is 0.300 e. The van der Waals surface area contributed by atoms with Crippen molar-refractivity contribution in [2.24, 2.45) is 0 Å². The second kappa shape index (κ2) is 7.00. The highest BCUT2D eigenvalue weighted by Crippen LogP contribution is 2.32. The van der Waals surface area contributed by atoms with Crippen molar-refractivity contribution in [3.63, 3.8) is 0 Å². The second-order valence-corrected chi connectivity index (χ2v) is 7.85. The number of oxazole rings is 1. The van der Waals surface area contributed by atoms with Crippen LogP contribution in [0.25, 0.3) is 11.1 Å². The van der Waals surface area contributed by atoms with E-state index in [2.05, 4.69) is 42.1 Å². The third kappa shape index (κ3) is 3.83. The van der Waals surface area contributed by atoms with E-state index in [1.54, 1.807) is 6.20 Å². The molecule has 4 rings (SSSR count). The number of hydrogen-bond donors (Lipinski definition) is 1. The quantitative estimate of drug-likeness (QED) is 0.451. The zero-order chi connectivity index (χ0) is 19.7. The predicted octanol–water partition coefficient (Wildman–Crippen LogP) is 6.36.